The summed E-state index contributed by atoms with van der Waals surface area (Å²) < 4.78 is 5.65. The van der Waals surface area contributed by atoms with Gasteiger partial charge in [-0.3, -0.25) is 0 Å². The Morgan fingerprint density at radius 2 is 0.833 bits per heavy atom. The Balaban J connectivity index is 0. The van der Waals surface area contributed by atoms with E-state index >= 15 is 0 Å². The van der Waals surface area contributed by atoms with Gasteiger partial charge in [0.05, 0.1) is 0 Å². The standard InChI is InChI=1S/C16H34O.B/c1-3-5-7-9-11-13-15-17-16-14-12-10-8-6-4-2;/h3-16H2,1-2H3;. The Hall–Kier alpha value is 0.0249. The van der Waals surface area contributed by atoms with Crippen LogP contribution in [-0.4, -0.2) is 21.6 Å². The summed E-state index contributed by atoms with van der Waals surface area (Å²) in [5.74, 6) is 0. The first-order chi connectivity index (χ1) is 8.41. The van der Waals surface area contributed by atoms with Crippen LogP contribution in [-0.2, 0) is 4.74 Å². The van der Waals surface area contributed by atoms with Crippen LogP contribution in [0.1, 0.15) is 90.9 Å². The van der Waals surface area contributed by atoms with Gasteiger partial charge in [0.15, 0.2) is 0 Å². The Morgan fingerprint density at radius 1 is 0.500 bits per heavy atom. The van der Waals surface area contributed by atoms with Crippen LogP contribution >= 0.6 is 0 Å². The van der Waals surface area contributed by atoms with Crippen molar-refractivity contribution in [1.29, 1.82) is 0 Å². The van der Waals surface area contributed by atoms with E-state index in [1.807, 2.05) is 0 Å². The van der Waals surface area contributed by atoms with Crippen molar-refractivity contribution >= 4 is 8.41 Å². The lowest BCUT2D eigenvalue weighted by Gasteiger charge is -2.04. The molecule has 107 valence electrons. The third-order valence-electron chi connectivity index (χ3n) is 3.28. The van der Waals surface area contributed by atoms with Crippen molar-refractivity contribution in [2.45, 2.75) is 90.9 Å². The topological polar surface area (TPSA) is 9.23 Å². The SMILES string of the molecule is CCCCCCCCOCCCCCCCC.[B]. The van der Waals surface area contributed by atoms with Crippen molar-refractivity contribution in [3.05, 3.63) is 0 Å². The lowest BCUT2D eigenvalue weighted by molar-refractivity contribution is 0.125. The molecule has 0 heterocycles. The molecule has 0 rings (SSSR count). The van der Waals surface area contributed by atoms with E-state index in [9.17, 15) is 0 Å². The molecule has 0 aliphatic heterocycles. The van der Waals surface area contributed by atoms with Crippen LogP contribution in [0.4, 0.5) is 0 Å². The summed E-state index contributed by atoms with van der Waals surface area (Å²) >= 11 is 0. The highest BCUT2D eigenvalue weighted by Crippen LogP contribution is 2.06. The van der Waals surface area contributed by atoms with Gasteiger partial charge in [-0.15, -0.1) is 0 Å². The van der Waals surface area contributed by atoms with Crippen molar-refractivity contribution in [1.82, 2.24) is 0 Å². The van der Waals surface area contributed by atoms with Crippen LogP contribution in [0.2, 0.25) is 0 Å². The first-order valence-corrected chi connectivity index (χ1v) is 7.99. The molecule has 0 aromatic rings. The summed E-state index contributed by atoms with van der Waals surface area (Å²) in [4.78, 5) is 0. The molecule has 0 aromatic carbocycles. The lowest BCUT2D eigenvalue weighted by atomic mass is 10.1. The van der Waals surface area contributed by atoms with Crippen LogP contribution in [0.15, 0.2) is 0 Å². The molecular formula is C16H34BO. The van der Waals surface area contributed by atoms with Gasteiger partial charge in [0.2, 0.25) is 0 Å². The predicted octanol–water partition coefficient (Wildman–Crippen LogP) is 5.34. The molecule has 0 aromatic heterocycles. The zero-order valence-corrected chi connectivity index (χ0v) is 12.9. The summed E-state index contributed by atoms with van der Waals surface area (Å²) in [6.07, 6.45) is 16.3. The average molecular weight is 253 g/mol. The van der Waals surface area contributed by atoms with E-state index in [1.54, 1.807) is 0 Å². The van der Waals surface area contributed by atoms with Crippen LogP contribution in [0, 0.1) is 0 Å². The molecule has 0 saturated heterocycles. The van der Waals surface area contributed by atoms with E-state index in [1.165, 1.54) is 77.0 Å². The summed E-state index contributed by atoms with van der Waals surface area (Å²) in [6, 6.07) is 0. The van der Waals surface area contributed by atoms with E-state index in [-0.39, 0.29) is 8.41 Å². The average Bonchev–Trinajstić information content (AvgIpc) is 2.35. The molecular weight excluding hydrogens is 219 g/mol. The van der Waals surface area contributed by atoms with E-state index in [0.717, 1.165) is 13.2 Å². The second-order valence-electron chi connectivity index (χ2n) is 5.15. The Morgan fingerprint density at radius 3 is 1.22 bits per heavy atom. The number of hydrogen-bond donors (Lipinski definition) is 0. The molecule has 0 bridgehead atoms. The van der Waals surface area contributed by atoms with Crippen LogP contribution in [0.5, 0.6) is 0 Å². The van der Waals surface area contributed by atoms with Gasteiger partial charge in [-0.25, -0.2) is 0 Å². The first kappa shape index (κ1) is 20.3. The summed E-state index contributed by atoms with van der Waals surface area (Å²) in [5.41, 5.74) is 0. The molecule has 0 amide bonds. The molecule has 18 heavy (non-hydrogen) atoms. The van der Waals surface area contributed by atoms with Crippen molar-refractivity contribution < 1.29 is 4.74 Å². The Kier molecular flexibility index (Phi) is 21.9. The number of ether oxygens (including phenoxy) is 1. The fraction of sp³-hybridized carbons (Fsp3) is 1.00. The highest BCUT2D eigenvalue weighted by molar-refractivity contribution is 5.75. The zero-order valence-electron chi connectivity index (χ0n) is 12.9. The molecule has 0 unspecified atom stereocenters. The third kappa shape index (κ3) is 18.4. The van der Waals surface area contributed by atoms with Crippen molar-refractivity contribution in [3.8, 4) is 0 Å². The van der Waals surface area contributed by atoms with Gasteiger partial charge in [-0.2, -0.15) is 0 Å². The molecule has 2 heteroatoms. The quantitative estimate of drug-likeness (QED) is 0.300. The maximum absolute atomic E-state index is 5.65. The van der Waals surface area contributed by atoms with E-state index in [4.69, 9.17) is 4.74 Å². The molecule has 0 atom stereocenters. The second kappa shape index (κ2) is 19.4. The Bertz CT molecular complexity index is 114. The minimum Gasteiger partial charge on any atom is -0.381 e. The van der Waals surface area contributed by atoms with E-state index in [0.29, 0.717) is 0 Å². The van der Waals surface area contributed by atoms with Gasteiger partial charge >= 0.3 is 0 Å². The van der Waals surface area contributed by atoms with Gasteiger partial charge in [0.25, 0.3) is 0 Å². The van der Waals surface area contributed by atoms with Crippen LogP contribution < -0.4 is 0 Å². The normalized spacial score (nSPS) is 10.3. The van der Waals surface area contributed by atoms with Gasteiger partial charge in [0, 0.05) is 21.6 Å². The second-order valence-corrected chi connectivity index (χ2v) is 5.15. The first-order valence-electron chi connectivity index (χ1n) is 7.99. The largest absolute Gasteiger partial charge is 0.381 e. The number of rotatable bonds is 14. The molecule has 0 N–H and O–H groups in total. The third-order valence-corrected chi connectivity index (χ3v) is 3.28. The number of unbranched alkanes of at least 4 members (excludes halogenated alkanes) is 10. The van der Waals surface area contributed by atoms with Gasteiger partial charge in [0.1, 0.15) is 0 Å². The lowest BCUT2D eigenvalue weighted by Crippen LogP contribution is -1.97. The predicted molar refractivity (Wildman–Crippen MR) is 83.3 cm³/mol. The highest BCUT2D eigenvalue weighted by atomic mass is 16.5. The van der Waals surface area contributed by atoms with Crippen molar-refractivity contribution in [2.75, 3.05) is 13.2 Å². The fourth-order valence-electron chi connectivity index (χ4n) is 2.07. The molecule has 0 aliphatic carbocycles. The number of hydrogen-bond acceptors (Lipinski definition) is 1. The van der Waals surface area contributed by atoms with Crippen LogP contribution in [0.3, 0.4) is 0 Å². The Labute approximate surface area is 118 Å². The summed E-state index contributed by atoms with van der Waals surface area (Å²) in [5, 5.41) is 0. The highest BCUT2D eigenvalue weighted by Gasteiger charge is 1.92. The van der Waals surface area contributed by atoms with Crippen LogP contribution in [0.25, 0.3) is 0 Å². The molecule has 0 saturated carbocycles. The van der Waals surface area contributed by atoms with E-state index < -0.39 is 0 Å². The van der Waals surface area contributed by atoms with Crippen molar-refractivity contribution in [2.24, 2.45) is 0 Å². The maximum Gasteiger partial charge on any atom is 0.0466 e. The molecule has 0 spiro atoms. The zero-order chi connectivity index (χ0) is 12.6. The minimum atomic E-state index is 0. The van der Waals surface area contributed by atoms with Gasteiger partial charge in [-0.1, -0.05) is 78.1 Å². The van der Waals surface area contributed by atoms with Gasteiger partial charge < -0.3 is 4.74 Å². The maximum atomic E-state index is 5.65. The van der Waals surface area contributed by atoms with Crippen molar-refractivity contribution in [3.63, 3.8) is 0 Å². The molecule has 3 radical (unpaired) electrons. The molecule has 0 fully saturated rings. The fourth-order valence-corrected chi connectivity index (χ4v) is 2.07. The van der Waals surface area contributed by atoms with E-state index in [2.05, 4.69) is 13.8 Å². The monoisotopic (exact) mass is 253 g/mol. The molecule has 0 aliphatic rings. The summed E-state index contributed by atoms with van der Waals surface area (Å²) in [7, 11) is 0. The minimum absolute atomic E-state index is 0. The summed E-state index contributed by atoms with van der Waals surface area (Å²) in [6.45, 7) is 6.51. The smallest absolute Gasteiger partial charge is 0.0466 e. The molecule has 1 nitrogen and oxygen atoms in total. The van der Waals surface area contributed by atoms with Gasteiger partial charge in [-0.05, 0) is 12.8 Å².